The van der Waals surface area contributed by atoms with Gasteiger partial charge in [0.15, 0.2) is 0 Å². The van der Waals surface area contributed by atoms with Gasteiger partial charge in [0.1, 0.15) is 0 Å². The predicted octanol–water partition coefficient (Wildman–Crippen LogP) is 27.2. The molecule has 0 aromatic rings. The van der Waals surface area contributed by atoms with Crippen molar-refractivity contribution in [2.45, 2.75) is 482 Å². The molecule has 528 valence electrons. The van der Waals surface area contributed by atoms with Crippen LogP contribution in [-0.2, 0) is 14.3 Å². The number of carbonyl (C=O) groups is 2. The lowest BCUT2D eigenvalue weighted by atomic mass is 10.0. The average Bonchev–Trinajstić information content (AvgIpc) is 3.55. The van der Waals surface area contributed by atoms with Crippen LogP contribution in [0.4, 0.5) is 0 Å². The van der Waals surface area contributed by atoms with Crippen molar-refractivity contribution in [3.63, 3.8) is 0 Å². The number of hydrogen-bond acceptors (Lipinski definition) is 5. The Hall–Kier alpha value is -1.66. The Morgan fingerprint density at radius 2 is 0.528 bits per heavy atom. The van der Waals surface area contributed by atoms with Crippen molar-refractivity contribution in [2.75, 3.05) is 13.2 Å². The molecule has 0 aromatic heterocycles. The summed E-state index contributed by atoms with van der Waals surface area (Å²) in [6, 6.07) is -0.628. The molecule has 0 heterocycles. The van der Waals surface area contributed by atoms with E-state index in [1.807, 2.05) is 6.08 Å². The quantitative estimate of drug-likeness (QED) is 0.0320. The standard InChI is InChI=1S/C83H161NO5/c1-3-5-7-9-11-13-15-17-19-21-23-24-34-37-40-43-47-51-55-59-63-67-71-75-81(86)80(79-85)84-82(87)76-72-68-64-60-56-52-48-44-41-38-35-32-30-28-26-25-27-29-31-33-36-39-42-46-50-54-58-62-66-70-74-78-89-83(88)77-73-69-65-61-57-53-49-45-22-20-18-16-14-12-10-8-6-4-2/h27,29,71,75,80-81,85-86H,3-26,28,30-70,72-74,76-79H2,1-2H3,(H,84,87)/b29-27-,75-71+. The molecule has 0 bridgehead atoms. The molecule has 6 heteroatoms. The van der Waals surface area contributed by atoms with Crippen LogP contribution in [0, 0.1) is 0 Å². The van der Waals surface area contributed by atoms with Crippen molar-refractivity contribution in [1.29, 1.82) is 0 Å². The van der Waals surface area contributed by atoms with Crippen LogP contribution in [-0.4, -0.2) is 47.4 Å². The molecule has 2 unspecified atom stereocenters. The Balaban J connectivity index is 3.37. The second kappa shape index (κ2) is 78.8. The summed E-state index contributed by atoms with van der Waals surface area (Å²) in [5.41, 5.74) is 0. The van der Waals surface area contributed by atoms with E-state index in [1.165, 1.54) is 405 Å². The van der Waals surface area contributed by atoms with Gasteiger partial charge in [0.2, 0.25) is 5.91 Å². The van der Waals surface area contributed by atoms with Crippen LogP contribution in [0.3, 0.4) is 0 Å². The molecule has 2 atom stereocenters. The number of esters is 1. The molecule has 0 aliphatic carbocycles. The molecule has 0 aliphatic rings. The highest BCUT2D eigenvalue weighted by molar-refractivity contribution is 5.76. The molecule has 3 N–H and O–H groups in total. The SMILES string of the molecule is CCCCCCCCCCCCCCCCCCCCCCC/C=C/C(O)C(CO)NC(=O)CCCCCCCCCCCCCCCCC/C=C\CCCCCCCCCCCCCCOC(=O)CCCCCCCCCCCCCCCCCCCC. The summed E-state index contributed by atoms with van der Waals surface area (Å²) in [6.45, 7) is 4.97. The third-order valence-electron chi connectivity index (χ3n) is 19.5. The van der Waals surface area contributed by atoms with Crippen molar-refractivity contribution in [2.24, 2.45) is 0 Å². The number of unbranched alkanes of at least 4 members (excludes halogenated alkanes) is 65. The Morgan fingerprint density at radius 3 is 0.798 bits per heavy atom. The number of amides is 1. The van der Waals surface area contributed by atoms with Gasteiger partial charge >= 0.3 is 5.97 Å². The van der Waals surface area contributed by atoms with E-state index in [0.29, 0.717) is 19.4 Å². The Bertz CT molecular complexity index is 1400. The van der Waals surface area contributed by atoms with Gasteiger partial charge in [-0.05, 0) is 57.8 Å². The summed E-state index contributed by atoms with van der Waals surface area (Å²) in [6.07, 6.45) is 102. The fourth-order valence-electron chi connectivity index (χ4n) is 13.2. The summed E-state index contributed by atoms with van der Waals surface area (Å²) in [4.78, 5) is 24.7. The maximum atomic E-state index is 12.6. The second-order valence-electron chi connectivity index (χ2n) is 28.5. The van der Waals surface area contributed by atoms with Crippen molar-refractivity contribution < 1.29 is 24.5 Å². The first-order valence-corrected chi connectivity index (χ1v) is 41.1. The monoisotopic (exact) mass is 1250 g/mol. The van der Waals surface area contributed by atoms with Crippen LogP contribution in [0.15, 0.2) is 24.3 Å². The minimum absolute atomic E-state index is 0.0230. The zero-order valence-electron chi connectivity index (χ0n) is 60.7. The van der Waals surface area contributed by atoms with Crippen LogP contribution >= 0.6 is 0 Å². The van der Waals surface area contributed by atoms with Gasteiger partial charge in [-0.3, -0.25) is 9.59 Å². The summed E-state index contributed by atoms with van der Waals surface area (Å²) < 4.78 is 5.52. The smallest absolute Gasteiger partial charge is 0.305 e. The van der Waals surface area contributed by atoms with E-state index < -0.39 is 12.1 Å². The molecular formula is C83H161NO5. The Labute approximate surface area is 558 Å². The minimum atomic E-state index is -0.844. The lowest BCUT2D eigenvalue weighted by molar-refractivity contribution is -0.143. The maximum Gasteiger partial charge on any atom is 0.305 e. The highest BCUT2D eigenvalue weighted by Crippen LogP contribution is 2.20. The van der Waals surface area contributed by atoms with E-state index in [1.54, 1.807) is 6.08 Å². The van der Waals surface area contributed by atoms with Gasteiger partial charge in [-0.1, -0.05) is 423 Å². The molecule has 0 fully saturated rings. The molecule has 0 radical (unpaired) electrons. The van der Waals surface area contributed by atoms with Crippen molar-refractivity contribution in [3.8, 4) is 0 Å². The first kappa shape index (κ1) is 87.3. The fourth-order valence-corrected chi connectivity index (χ4v) is 13.2. The molecule has 0 spiro atoms. The van der Waals surface area contributed by atoms with Gasteiger partial charge in [-0.25, -0.2) is 0 Å². The van der Waals surface area contributed by atoms with Crippen molar-refractivity contribution in [3.05, 3.63) is 24.3 Å². The lowest BCUT2D eigenvalue weighted by Gasteiger charge is -2.20. The molecular weight excluding hydrogens is 1090 g/mol. The molecule has 1 amide bonds. The van der Waals surface area contributed by atoms with Crippen molar-refractivity contribution >= 4 is 11.9 Å². The van der Waals surface area contributed by atoms with Crippen molar-refractivity contribution in [1.82, 2.24) is 5.32 Å². The van der Waals surface area contributed by atoms with Crippen LogP contribution in [0.2, 0.25) is 0 Å². The molecule has 89 heavy (non-hydrogen) atoms. The molecule has 0 saturated heterocycles. The summed E-state index contributed by atoms with van der Waals surface area (Å²) in [5, 5.41) is 23.3. The normalized spacial score (nSPS) is 12.5. The van der Waals surface area contributed by atoms with E-state index in [2.05, 4.69) is 31.3 Å². The van der Waals surface area contributed by atoms with Gasteiger partial charge in [-0.2, -0.15) is 0 Å². The number of aliphatic hydroxyl groups is 2. The average molecular weight is 1250 g/mol. The van der Waals surface area contributed by atoms with Crippen LogP contribution in [0.25, 0.3) is 0 Å². The first-order valence-electron chi connectivity index (χ1n) is 41.1. The van der Waals surface area contributed by atoms with Gasteiger partial charge in [-0.15, -0.1) is 0 Å². The number of hydrogen-bond donors (Lipinski definition) is 3. The molecule has 6 nitrogen and oxygen atoms in total. The first-order chi connectivity index (χ1) is 44.0. The zero-order valence-corrected chi connectivity index (χ0v) is 60.7. The maximum absolute atomic E-state index is 12.6. The highest BCUT2D eigenvalue weighted by Gasteiger charge is 2.18. The van der Waals surface area contributed by atoms with E-state index in [-0.39, 0.29) is 18.5 Å². The highest BCUT2D eigenvalue weighted by atomic mass is 16.5. The minimum Gasteiger partial charge on any atom is -0.466 e. The second-order valence-corrected chi connectivity index (χ2v) is 28.5. The largest absolute Gasteiger partial charge is 0.466 e. The number of allylic oxidation sites excluding steroid dienone is 3. The zero-order chi connectivity index (χ0) is 64.2. The molecule has 0 saturated carbocycles. The number of ether oxygens (including phenoxy) is 1. The fraction of sp³-hybridized carbons (Fsp3) is 0.928. The topological polar surface area (TPSA) is 95.9 Å². The van der Waals surface area contributed by atoms with Crippen LogP contribution in [0.5, 0.6) is 0 Å². The third kappa shape index (κ3) is 75.3. The Kier molecular flexibility index (Phi) is 77.3. The van der Waals surface area contributed by atoms with Crippen LogP contribution < -0.4 is 5.32 Å². The number of rotatable bonds is 78. The van der Waals surface area contributed by atoms with E-state index >= 15 is 0 Å². The van der Waals surface area contributed by atoms with E-state index in [9.17, 15) is 19.8 Å². The molecule has 0 aromatic carbocycles. The molecule has 0 rings (SSSR count). The van der Waals surface area contributed by atoms with E-state index in [4.69, 9.17) is 4.74 Å². The lowest BCUT2D eigenvalue weighted by Crippen LogP contribution is -2.45. The summed E-state index contributed by atoms with van der Waals surface area (Å²) >= 11 is 0. The predicted molar refractivity (Wildman–Crippen MR) is 393 cm³/mol. The van der Waals surface area contributed by atoms with Gasteiger partial charge < -0.3 is 20.3 Å². The summed E-state index contributed by atoms with van der Waals surface area (Å²) in [5.74, 6) is -0.0375. The number of nitrogens with one attached hydrogen (secondary N) is 1. The van der Waals surface area contributed by atoms with Gasteiger partial charge in [0, 0.05) is 12.8 Å². The third-order valence-corrected chi connectivity index (χ3v) is 19.5. The van der Waals surface area contributed by atoms with Crippen LogP contribution in [0.1, 0.15) is 470 Å². The Morgan fingerprint density at radius 1 is 0.303 bits per heavy atom. The number of carbonyl (C=O) groups excluding carboxylic acids is 2. The van der Waals surface area contributed by atoms with E-state index in [0.717, 1.165) is 38.5 Å². The van der Waals surface area contributed by atoms with Gasteiger partial charge in [0.05, 0.1) is 25.4 Å². The molecule has 0 aliphatic heterocycles. The van der Waals surface area contributed by atoms with Gasteiger partial charge in [0.25, 0.3) is 0 Å². The number of aliphatic hydroxyl groups excluding tert-OH is 2. The summed E-state index contributed by atoms with van der Waals surface area (Å²) in [7, 11) is 0.